The lowest BCUT2D eigenvalue weighted by Gasteiger charge is -2.29. The number of nitrogens with zero attached hydrogens (tertiary/aromatic N) is 2. The third-order valence-electron chi connectivity index (χ3n) is 13.0. The lowest BCUT2D eigenvalue weighted by molar-refractivity contribution is -0.0500. The number of rotatable bonds is 9. The van der Waals surface area contributed by atoms with Crippen LogP contribution in [0.15, 0.2) is 206 Å². The molecule has 0 N–H and O–H groups in total. The monoisotopic (exact) mass is 1020 g/mol. The third kappa shape index (κ3) is 7.25. The minimum Gasteiger partial charge on any atom is -0.376 e. The molecule has 0 saturated carbocycles. The number of fused-ring (bicyclic) bond motifs is 10. The Morgan fingerprint density at radius 3 is 1.58 bits per heavy atom. The molecular formula is C59H34F4N2O3S4. The summed E-state index contributed by atoms with van der Waals surface area (Å²) in [6.45, 7) is 0. The molecule has 0 aliphatic carbocycles. The fourth-order valence-electron chi connectivity index (χ4n) is 9.93. The number of anilines is 6. The number of thiophene rings is 3. The molecule has 0 spiro atoms. The van der Waals surface area contributed by atoms with E-state index in [-0.39, 0.29) is 0 Å². The maximum atomic E-state index is 14.8. The van der Waals surface area contributed by atoms with Crippen molar-refractivity contribution >= 4 is 150 Å². The molecule has 13 aromatic rings. The highest BCUT2D eigenvalue weighted by Gasteiger charge is 2.48. The van der Waals surface area contributed by atoms with Crippen LogP contribution in [0.5, 0.6) is 5.75 Å². The second kappa shape index (κ2) is 16.9. The summed E-state index contributed by atoms with van der Waals surface area (Å²) in [6, 6.07) is 65.8. The zero-order chi connectivity index (χ0) is 48.9. The Balaban J connectivity index is 1.09. The van der Waals surface area contributed by atoms with Gasteiger partial charge in [-0.3, -0.25) is 0 Å². The minimum absolute atomic E-state index is 0.344. The Kier molecular flexibility index (Phi) is 10.4. The van der Waals surface area contributed by atoms with Crippen molar-refractivity contribution in [1.82, 2.24) is 0 Å². The van der Waals surface area contributed by atoms with Crippen LogP contribution in [0.3, 0.4) is 0 Å². The van der Waals surface area contributed by atoms with E-state index < -0.39 is 27.2 Å². The summed E-state index contributed by atoms with van der Waals surface area (Å²) in [6.07, 6.45) is 0. The third-order valence-corrected chi connectivity index (χ3v) is 17.6. The molecule has 0 fully saturated rings. The van der Waals surface area contributed by atoms with Crippen molar-refractivity contribution in [3.63, 3.8) is 0 Å². The van der Waals surface area contributed by atoms with E-state index in [1.54, 1.807) is 34.8 Å². The van der Waals surface area contributed by atoms with E-state index in [2.05, 4.69) is 89.8 Å². The number of halogens is 4. The summed E-state index contributed by atoms with van der Waals surface area (Å²) in [5, 5.41) is 7.38. The van der Waals surface area contributed by atoms with Crippen molar-refractivity contribution in [3.8, 4) is 16.9 Å². The Bertz CT molecular complexity index is 4420. The molecule has 0 atom stereocenters. The van der Waals surface area contributed by atoms with Crippen molar-refractivity contribution in [3.05, 3.63) is 212 Å². The summed E-state index contributed by atoms with van der Waals surface area (Å²) >= 11 is 4.70. The van der Waals surface area contributed by atoms with Gasteiger partial charge in [0.1, 0.15) is 11.6 Å². The van der Waals surface area contributed by atoms with Gasteiger partial charge in [0.15, 0.2) is 0 Å². The van der Waals surface area contributed by atoms with Gasteiger partial charge in [-0.25, -0.2) is 4.39 Å². The summed E-state index contributed by atoms with van der Waals surface area (Å²) in [7, 11) is -6.12. The maximum absolute atomic E-state index is 14.8. The highest BCUT2D eigenvalue weighted by molar-refractivity contribution is 7.88. The van der Waals surface area contributed by atoms with Crippen LogP contribution in [-0.4, -0.2) is 13.9 Å². The van der Waals surface area contributed by atoms with Crippen molar-refractivity contribution in [2.24, 2.45) is 0 Å². The molecule has 13 rings (SSSR count). The van der Waals surface area contributed by atoms with Gasteiger partial charge < -0.3 is 14.0 Å². The molecule has 3 heterocycles. The summed E-state index contributed by atoms with van der Waals surface area (Å²) < 4.78 is 93.9. The van der Waals surface area contributed by atoms with E-state index in [4.69, 9.17) is 4.18 Å². The molecule has 0 bridgehead atoms. The first-order chi connectivity index (χ1) is 35.0. The summed E-state index contributed by atoms with van der Waals surface area (Å²) in [5.74, 6) is -1.01. The highest BCUT2D eigenvalue weighted by Crippen LogP contribution is 2.53. The lowest BCUT2D eigenvalue weighted by atomic mass is 9.94. The van der Waals surface area contributed by atoms with E-state index in [9.17, 15) is 26.0 Å². The average molecular weight is 1020 g/mol. The summed E-state index contributed by atoms with van der Waals surface area (Å²) in [5.41, 5.74) is 0.338. The van der Waals surface area contributed by atoms with Crippen LogP contribution in [0, 0.1) is 5.82 Å². The topological polar surface area (TPSA) is 49.9 Å². The molecule has 5 nitrogen and oxygen atoms in total. The molecular weight excluding hydrogens is 989 g/mol. The highest BCUT2D eigenvalue weighted by atomic mass is 32.2. The van der Waals surface area contributed by atoms with Crippen LogP contribution in [0.1, 0.15) is 0 Å². The molecule has 0 amide bonds. The van der Waals surface area contributed by atoms with Crippen LogP contribution >= 0.6 is 34.0 Å². The number of benzene rings is 10. The SMILES string of the molecule is O=S(=O)(Oc1cc(N(c2ccc(F)cc2)c2cccc3c2sc2ccccc23)c2sc3ccc(-c4c(N(c5ccccc5)c5cccc6c5sc5ccccc56)ccc5ccccc45)cc3c2c1)C(F)(F)F. The largest absolute Gasteiger partial charge is 0.534 e. The van der Waals surface area contributed by atoms with Crippen LogP contribution in [0.25, 0.3) is 82.4 Å². The van der Waals surface area contributed by atoms with Crippen molar-refractivity contribution in [1.29, 1.82) is 0 Å². The quantitative estimate of drug-likeness (QED) is 0.0819. The second-order valence-corrected chi connectivity index (χ2v) is 22.0. The Morgan fingerprint density at radius 2 is 0.944 bits per heavy atom. The van der Waals surface area contributed by atoms with Gasteiger partial charge >= 0.3 is 15.6 Å². The van der Waals surface area contributed by atoms with Gasteiger partial charge in [-0.1, -0.05) is 115 Å². The van der Waals surface area contributed by atoms with E-state index in [1.165, 1.54) is 45.7 Å². The summed E-state index contributed by atoms with van der Waals surface area (Å²) in [4.78, 5) is 4.13. The molecule has 10 aromatic carbocycles. The fraction of sp³-hybridized carbons (Fsp3) is 0.0169. The molecule has 13 heteroatoms. The first-order valence-corrected chi connectivity index (χ1v) is 26.6. The fourth-order valence-corrected chi connectivity index (χ4v) is 14.0. The smallest absolute Gasteiger partial charge is 0.376 e. The normalized spacial score (nSPS) is 12.3. The standard InChI is InChI=1S/C59H34F4N2O3S4/c60-37-26-28-39(29-27-37)65(50-21-11-19-45-43-17-7-9-23-53(43)70-57(45)50)51-34-40(68-72(66,67)59(61,62)63)33-47-46-32-36(25-31-54(46)71-58(47)51)55-41-15-5-4-12-35(41)24-30-48(55)64(38-13-2-1-3-14-38)49-20-10-18-44-42-16-6-8-22-52(42)69-56(44)49/h1-34H. The average Bonchev–Trinajstić information content (AvgIpc) is 4.09. The van der Waals surface area contributed by atoms with E-state index in [0.29, 0.717) is 32.5 Å². The molecule has 0 radical (unpaired) electrons. The molecule has 350 valence electrons. The Morgan fingerprint density at radius 1 is 0.417 bits per heavy atom. The Labute approximate surface area is 421 Å². The number of hydrogen-bond acceptors (Lipinski definition) is 8. The van der Waals surface area contributed by atoms with Gasteiger partial charge in [0.25, 0.3) is 0 Å². The number of para-hydroxylation sites is 1. The minimum atomic E-state index is -6.12. The van der Waals surface area contributed by atoms with Crippen LogP contribution in [-0.2, 0) is 10.1 Å². The molecule has 0 unspecified atom stereocenters. The zero-order valence-corrected chi connectivity index (χ0v) is 40.7. The predicted octanol–water partition coefficient (Wildman–Crippen LogP) is 18.9. The van der Waals surface area contributed by atoms with Crippen molar-refractivity contribution < 1.29 is 30.2 Å². The van der Waals surface area contributed by atoms with Crippen LogP contribution < -0.4 is 14.0 Å². The van der Waals surface area contributed by atoms with E-state index in [1.807, 2.05) is 89.8 Å². The first kappa shape index (κ1) is 44.2. The van der Waals surface area contributed by atoms with Gasteiger partial charge in [-0.05, 0) is 101 Å². The number of hydrogen-bond donors (Lipinski definition) is 0. The van der Waals surface area contributed by atoms with Crippen LogP contribution in [0.2, 0.25) is 0 Å². The molecule has 3 aromatic heterocycles. The predicted molar refractivity (Wildman–Crippen MR) is 293 cm³/mol. The van der Waals surface area contributed by atoms with Gasteiger partial charge in [-0.2, -0.15) is 21.6 Å². The van der Waals surface area contributed by atoms with Gasteiger partial charge in [0.2, 0.25) is 0 Å². The van der Waals surface area contributed by atoms with E-state index in [0.717, 1.165) is 73.9 Å². The Hall–Kier alpha value is -7.81. The van der Waals surface area contributed by atoms with Crippen LogP contribution in [0.4, 0.5) is 51.7 Å². The van der Waals surface area contributed by atoms with E-state index >= 15 is 0 Å². The second-order valence-electron chi connectivity index (χ2n) is 17.3. The van der Waals surface area contributed by atoms with Crippen molar-refractivity contribution in [2.45, 2.75) is 5.51 Å². The van der Waals surface area contributed by atoms with Gasteiger partial charge in [0.05, 0.1) is 36.8 Å². The molecule has 0 aliphatic heterocycles. The molecule has 0 saturated heterocycles. The maximum Gasteiger partial charge on any atom is 0.534 e. The first-order valence-electron chi connectivity index (χ1n) is 22.7. The molecule has 0 aliphatic rings. The van der Waals surface area contributed by atoms with Gasteiger partial charge in [0, 0.05) is 69.4 Å². The van der Waals surface area contributed by atoms with Crippen molar-refractivity contribution in [2.75, 3.05) is 9.80 Å². The zero-order valence-electron chi connectivity index (χ0n) is 37.4. The lowest BCUT2D eigenvalue weighted by Crippen LogP contribution is -2.28. The number of alkyl halides is 3. The molecule has 72 heavy (non-hydrogen) atoms. The van der Waals surface area contributed by atoms with Gasteiger partial charge in [-0.15, -0.1) is 34.0 Å².